The molecule has 0 atom stereocenters. The molecule has 0 bridgehead atoms. The molecule has 0 amide bonds. The van der Waals surface area contributed by atoms with Crippen LogP contribution >= 0.6 is 0 Å². The summed E-state index contributed by atoms with van der Waals surface area (Å²) < 4.78 is 30.9. The van der Waals surface area contributed by atoms with E-state index >= 15 is 0 Å². The number of benzene rings is 1. The fourth-order valence-corrected chi connectivity index (χ4v) is 1.26. The van der Waals surface area contributed by atoms with Crippen molar-refractivity contribution in [3.8, 4) is 0 Å². The van der Waals surface area contributed by atoms with E-state index in [-0.39, 0.29) is 18.8 Å². The summed E-state index contributed by atoms with van der Waals surface area (Å²) in [6, 6.07) is 3.08. The third kappa shape index (κ3) is 3.18. The SMILES string of the molecule is CCOC(=O)CN(C)c1cc(F)ccc1F. The van der Waals surface area contributed by atoms with Gasteiger partial charge in [0.1, 0.15) is 18.2 Å². The van der Waals surface area contributed by atoms with Gasteiger partial charge in [-0.15, -0.1) is 0 Å². The molecule has 0 heterocycles. The largest absolute Gasteiger partial charge is 0.465 e. The summed E-state index contributed by atoms with van der Waals surface area (Å²) in [4.78, 5) is 12.4. The molecule has 16 heavy (non-hydrogen) atoms. The van der Waals surface area contributed by atoms with Gasteiger partial charge in [0.2, 0.25) is 0 Å². The highest BCUT2D eigenvalue weighted by Crippen LogP contribution is 2.18. The lowest BCUT2D eigenvalue weighted by Gasteiger charge is -2.18. The number of hydrogen-bond donors (Lipinski definition) is 0. The number of anilines is 1. The molecule has 0 fully saturated rings. The number of carbonyl (C=O) groups excluding carboxylic acids is 1. The average Bonchev–Trinajstić information content (AvgIpc) is 2.21. The first-order chi connectivity index (χ1) is 7.54. The zero-order valence-corrected chi connectivity index (χ0v) is 9.17. The quantitative estimate of drug-likeness (QED) is 0.739. The van der Waals surface area contributed by atoms with E-state index in [1.165, 1.54) is 11.9 Å². The van der Waals surface area contributed by atoms with Gasteiger partial charge in [-0.25, -0.2) is 8.78 Å². The lowest BCUT2D eigenvalue weighted by atomic mass is 10.2. The van der Waals surface area contributed by atoms with Crippen molar-refractivity contribution in [1.29, 1.82) is 0 Å². The van der Waals surface area contributed by atoms with Crippen LogP contribution in [0, 0.1) is 11.6 Å². The number of likely N-dealkylation sites (N-methyl/N-ethyl adjacent to an activating group) is 1. The molecule has 0 aromatic heterocycles. The van der Waals surface area contributed by atoms with Gasteiger partial charge in [-0.05, 0) is 19.1 Å². The number of carbonyl (C=O) groups is 1. The maximum Gasteiger partial charge on any atom is 0.325 e. The van der Waals surface area contributed by atoms with Crippen LogP contribution in [0.4, 0.5) is 14.5 Å². The molecule has 0 radical (unpaired) electrons. The minimum atomic E-state index is -0.576. The highest BCUT2D eigenvalue weighted by Gasteiger charge is 2.12. The molecule has 5 heteroatoms. The maximum absolute atomic E-state index is 13.3. The number of ether oxygens (including phenoxy) is 1. The molecule has 0 aliphatic heterocycles. The van der Waals surface area contributed by atoms with Crippen molar-refractivity contribution in [2.45, 2.75) is 6.92 Å². The van der Waals surface area contributed by atoms with E-state index in [1.54, 1.807) is 6.92 Å². The van der Waals surface area contributed by atoms with Crippen LogP contribution in [0.15, 0.2) is 18.2 Å². The number of halogens is 2. The van der Waals surface area contributed by atoms with Crippen molar-refractivity contribution < 1.29 is 18.3 Å². The van der Waals surface area contributed by atoms with E-state index in [0.29, 0.717) is 0 Å². The van der Waals surface area contributed by atoms with E-state index in [9.17, 15) is 13.6 Å². The molecule has 0 spiro atoms. The normalized spacial score (nSPS) is 10.0. The third-order valence-electron chi connectivity index (χ3n) is 1.99. The summed E-state index contributed by atoms with van der Waals surface area (Å²) in [5.74, 6) is -1.60. The fraction of sp³-hybridized carbons (Fsp3) is 0.364. The topological polar surface area (TPSA) is 29.5 Å². The van der Waals surface area contributed by atoms with Crippen LogP contribution in [0.3, 0.4) is 0 Å². The van der Waals surface area contributed by atoms with Crippen LogP contribution < -0.4 is 4.90 Å². The molecule has 1 aromatic rings. The van der Waals surface area contributed by atoms with Crippen molar-refractivity contribution in [2.24, 2.45) is 0 Å². The van der Waals surface area contributed by atoms with Gasteiger partial charge >= 0.3 is 5.97 Å². The van der Waals surface area contributed by atoms with Gasteiger partial charge in [0, 0.05) is 13.1 Å². The van der Waals surface area contributed by atoms with Crippen molar-refractivity contribution in [1.82, 2.24) is 0 Å². The Morgan fingerprint density at radius 3 is 2.75 bits per heavy atom. The Labute approximate surface area is 92.6 Å². The number of nitrogens with zero attached hydrogens (tertiary/aromatic N) is 1. The Balaban J connectivity index is 2.76. The zero-order chi connectivity index (χ0) is 12.1. The van der Waals surface area contributed by atoms with Gasteiger partial charge in [0.05, 0.1) is 12.3 Å². The molecule has 88 valence electrons. The molecule has 0 saturated heterocycles. The Morgan fingerprint density at radius 1 is 1.44 bits per heavy atom. The molecule has 0 unspecified atom stereocenters. The molecular weight excluding hydrogens is 216 g/mol. The second-order valence-electron chi connectivity index (χ2n) is 3.26. The predicted molar refractivity (Wildman–Crippen MR) is 56.3 cm³/mol. The number of rotatable bonds is 4. The first kappa shape index (κ1) is 12.4. The highest BCUT2D eigenvalue weighted by atomic mass is 19.1. The summed E-state index contributed by atoms with van der Waals surface area (Å²) in [5.41, 5.74) is 0.0352. The smallest absolute Gasteiger partial charge is 0.325 e. The van der Waals surface area contributed by atoms with Gasteiger partial charge < -0.3 is 9.64 Å². The lowest BCUT2D eigenvalue weighted by Crippen LogP contribution is -2.27. The van der Waals surface area contributed by atoms with Gasteiger partial charge in [0.25, 0.3) is 0 Å². The van der Waals surface area contributed by atoms with E-state index in [2.05, 4.69) is 0 Å². The molecule has 0 aliphatic rings. The molecule has 3 nitrogen and oxygen atoms in total. The Kier molecular flexibility index (Phi) is 4.22. The maximum atomic E-state index is 13.3. The molecule has 0 saturated carbocycles. The van der Waals surface area contributed by atoms with Gasteiger partial charge in [-0.1, -0.05) is 0 Å². The van der Waals surface area contributed by atoms with Gasteiger partial charge in [-0.2, -0.15) is 0 Å². The molecular formula is C11H13F2NO2. The van der Waals surface area contributed by atoms with E-state index in [0.717, 1.165) is 18.2 Å². The third-order valence-corrected chi connectivity index (χ3v) is 1.99. The lowest BCUT2D eigenvalue weighted by molar-refractivity contribution is -0.141. The average molecular weight is 229 g/mol. The Bertz CT molecular complexity index is 382. The van der Waals surface area contributed by atoms with E-state index < -0.39 is 17.6 Å². The number of esters is 1. The van der Waals surface area contributed by atoms with Crippen LogP contribution in [0.2, 0.25) is 0 Å². The number of hydrogen-bond acceptors (Lipinski definition) is 3. The summed E-state index contributed by atoms with van der Waals surface area (Å²) >= 11 is 0. The van der Waals surface area contributed by atoms with Crippen LogP contribution in [0.25, 0.3) is 0 Å². The minimum absolute atomic E-state index is 0.0352. The minimum Gasteiger partial charge on any atom is -0.465 e. The summed E-state index contributed by atoms with van der Waals surface area (Å²) in [7, 11) is 1.49. The molecule has 0 aliphatic carbocycles. The van der Waals surface area contributed by atoms with Crippen LogP contribution in [0.5, 0.6) is 0 Å². The van der Waals surface area contributed by atoms with Gasteiger partial charge in [0.15, 0.2) is 0 Å². The van der Waals surface area contributed by atoms with Crippen molar-refractivity contribution in [3.05, 3.63) is 29.8 Å². The first-order valence-corrected chi connectivity index (χ1v) is 4.86. The van der Waals surface area contributed by atoms with Crippen molar-refractivity contribution >= 4 is 11.7 Å². The predicted octanol–water partition coefficient (Wildman–Crippen LogP) is 1.96. The van der Waals surface area contributed by atoms with Crippen LogP contribution in [-0.2, 0) is 9.53 Å². The van der Waals surface area contributed by atoms with Crippen molar-refractivity contribution in [2.75, 3.05) is 25.1 Å². The summed E-state index contributed by atoms with van der Waals surface area (Å²) in [5, 5.41) is 0. The fourth-order valence-electron chi connectivity index (χ4n) is 1.26. The highest BCUT2D eigenvalue weighted by molar-refractivity contribution is 5.75. The standard InChI is InChI=1S/C11H13F2NO2/c1-3-16-11(15)7-14(2)10-6-8(12)4-5-9(10)13/h4-6H,3,7H2,1-2H3. The molecule has 1 rings (SSSR count). The Morgan fingerprint density at radius 2 is 2.12 bits per heavy atom. The Hall–Kier alpha value is -1.65. The van der Waals surface area contributed by atoms with Crippen LogP contribution in [-0.4, -0.2) is 26.2 Å². The van der Waals surface area contributed by atoms with E-state index in [4.69, 9.17) is 4.74 Å². The van der Waals surface area contributed by atoms with Crippen LogP contribution in [0.1, 0.15) is 6.92 Å². The monoisotopic (exact) mass is 229 g/mol. The van der Waals surface area contributed by atoms with Gasteiger partial charge in [-0.3, -0.25) is 4.79 Å². The molecule has 1 aromatic carbocycles. The second kappa shape index (κ2) is 5.44. The van der Waals surface area contributed by atoms with Crippen molar-refractivity contribution in [3.63, 3.8) is 0 Å². The first-order valence-electron chi connectivity index (χ1n) is 4.86. The van der Waals surface area contributed by atoms with E-state index in [1.807, 2.05) is 0 Å². The second-order valence-corrected chi connectivity index (χ2v) is 3.26. The molecule has 0 N–H and O–H groups in total. The summed E-state index contributed by atoms with van der Waals surface area (Å²) in [6.07, 6.45) is 0. The zero-order valence-electron chi connectivity index (χ0n) is 9.17. The summed E-state index contributed by atoms with van der Waals surface area (Å²) in [6.45, 7) is 1.83.